The second-order valence-corrected chi connectivity index (χ2v) is 31.3. The van der Waals surface area contributed by atoms with E-state index in [1.54, 1.807) is 4.70 Å². The molecule has 2 nitrogen and oxygen atoms in total. The first-order valence-corrected chi connectivity index (χ1v) is 45.7. The molecule has 2 aromatic carbocycles. The van der Waals surface area contributed by atoms with Crippen LogP contribution in [0.3, 0.4) is 0 Å². The Bertz CT molecular complexity index is 2380. The molecule has 0 saturated carbocycles. The monoisotopic (exact) mass is 1470 g/mol. The summed E-state index contributed by atoms with van der Waals surface area (Å²) in [5.74, 6) is 7.55. The fourth-order valence-corrected chi connectivity index (χ4v) is 15.2. The van der Waals surface area contributed by atoms with Gasteiger partial charge in [-0.3, -0.25) is 0 Å². The largest absolute Gasteiger partial charge is 2.00 e. The number of hydrogen-bond acceptors (Lipinski definition) is 0. The molecular weight excluding hydrogens is 1300 g/mol. The fourth-order valence-electron chi connectivity index (χ4n) is 15.2. The van der Waals surface area contributed by atoms with E-state index in [0.29, 0.717) is 0 Å². The Balaban J connectivity index is 0.0000146. The van der Waals surface area contributed by atoms with Gasteiger partial charge in [0.1, 0.15) is 5.57 Å². The summed E-state index contributed by atoms with van der Waals surface area (Å²) in [4.78, 5) is 0. The van der Waals surface area contributed by atoms with E-state index >= 15 is 0 Å². The van der Waals surface area contributed by atoms with Crippen LogP contribution in [0, 0.1) is 25.7 Å². The van der Waals surface area contributed by atoms with Crippen LogP contribution in [0.5, 0.6) is 0 Å². The van der Waals surface area contributed by atoms with Crippen molar-refractivity contribution in [1.29, 1.82) is 0 Å². The van der Waals surface area contributed by atoms with Crippen LogP contribution in [0.2, 0.25) is 0 Å². The molecule has 0 atom stereocenters. The third kappa shape index (κ3) is 59.3. The van der Waals surface area contributed by atoms with E-state index in [-0.39, 0.29) is 16.5 Å². The molecule has 596 valence electrons. The van der Waals surface area contributed by atoms with Gasteiger partial charge in [-0.1, -0.05) is 466 Å². The number of hydrogen-bond donors (Lipinski definition) is 0. The first-order valence-electron chi connectivity index (χ1n) is 45.7. The zero-order chi connectivity index (χ0) is 74.3. The van der Waals surface area contributed by atoms with Crippen LogP contribution in [-0.4, -0.2) is 4.70 Å². The van der Waals surface area contributed by atoms with Crippen LogP contribution in [0.1, 0.15) is 480 Å². The molecule has 0 aliphatic carbocycles. The van der Waals surface area contributed by atoms with Crippen LogP contribution in [0.4, 0.5) is 0 Å². The Morgan fingerprint density at radius 1 is 0.308 bits per heavy atom. The van der Waals surface area contributed by atoms with E-state index < -0.39 is 0 Å². The number of nitrogens with zero attached hydrogens (tertiary/aromatic N) is 2. The maximum Gasteiger partial charge on any atom is 2.00 e. The standard InChI is InChI=1S/C95H162N2.2C3H5.Ni/c1-5-9-13-16-19-22-25-28-31-34-37-40-43-44-45-48-51-54-57-60-63-66-69-72-75-87-93-92(84-12-8-4)94(90-85-78-76-82-88(90)80-73-70-67-64-61-58-55-52-49-46-41-38-35-32-29-26-23-20-17-14-10-6-2)97(96)95(93)91-86-79-77-83-89(91)81-74-71-68-65-62-59-56-53-50-47-42-39-36-33-30-27-24-21-18-15-11-7-3;2*1-3-2;/h67-68,70-71,76-79,82-83,85-86H,5-66,69,72-74,80-81,84H2,1-4H3;2*3H,1-2H2;/q;2*-1;+2. The van der Waals surface area contributed by atoms with Gasteiger partial charge in [-0.25, -0.2) is 43.9 Å². The molecule has 1 aliphatic heterocycles. The smallest absolute Gasteiger partial charge is 0.493 e. The predicted molar refractivity (Wildman–Crippen MR) is 467 cm³/mol. The van der Waals surface area contributed by atoms with E-state index in [1.165, 1.54) is 414 Å². The zero-order valence-corrected chi connectivity index (χ0v) is 70.9. The first-order chi connectivity index (χ1) is 51.0. The van der Waals surface area contributed by atoms with Gasteiger partial charge in [0.15, 0.2) is 0 Å². The van der Waals surface area contributed by atoms with Gasteiger partial charge in [0, 0.05) is 17.6 Å². The van der Waals surface area contributed by atoms with Crippen molar-refractivity contribution in [1.82, 2.24) is 0 Å². The molecule has 0 saturated heterocycles. The Kier molecular flexibility index (Phi) is 78.9. The third-order valence-electron chi connectivity index (χ3n) is 21.6. The van der Waals surface area contributed by atoms with E-state index in [1.807, 2.05) is 0 Å². The Hall–Kier alpha value is -3.73. The molecule has 3 rings (SSSR count). The van der Waals surface area contributed by atoms with Crippen LogP contribution < -0.4 is 0 Å². The van der Waals surface area contributed by atoms with Crippen molar-refractivity contribution in [2.45, 2.75) is 471 Å². The molecule has 1 aliphatic rings. The van der Waals surface area contributed by atoms with Crippen LogP contribution in [-0.2, 0) is 29.3 Å². The van der Waals surface area contributed by atoms with Crippen molar-refractivity contribution >= 4 is 11.4 Å². The van der Waals surface area contributed by atoms with Gasteiger partial charge < -0.3 is 5.53 Å². The van der Waals surface area contributed by atoms with Gasteiger partial charge in [0.2, 0.25) is 11.4 Å². The normalized spacial score (nSPS) is 12.1. The number of unbranched alkanes of at least 4 members (excludes halogenated alkanes) is 60. The SMILES string of the molecule is C=C[CH2-].C=C[CH2-].CCCCCCCCCCCCCCCCCCCCC=CCCc1ccccc1C1=C(C#CCCCCCCCCCCCCCCCCCCCCCCCCC)C(CCCC)=C(c2ccccc2CCC=CCCCCCCCCCCCCCCCCCCCC)[N+]1=[N-].[Ni+2]. The van der Waals surface area contributed by atoms with Crippen molar-refractivity contribution < 1.29 is 21.2 Å². The van der Waals surface area contributed by atoms with Gasteiger partial charge in [-0.05, 0) is 93.9 Å². The van der Waals surface area contributed by atoms with Crippen molar-refractivity contribution in [2.75, 3.05) is 0 Å². The topological polar surface area (TPSA) is 25.3 Å². The molecule has 0 radical (unpaired) electrons. The molecule has 0 N–H and O–H groups in total. The molecule has 0 spiro atoms. The third-order valence-corrected chi connectivity index (χ3v) is 21.6. The molecular formula is C101H172N2Ni. The maximum absolute atomic E-state index is 12.9. The summed E-state index contributed by atoms with van der Waals surface area (Å²) in [6.07, 6.45) is 107. The van der Waals surface area contributed by atoms with Gasteiger partial charge in [-0.2, -0.15) is 0 Å². The van der Waals surface area contributed by atoms with E-state index in [2.05, 4.69) is 139 Å². The van der Waals surface area contributed by atoms with Crippen molar-refractivity contribution in [3.63, 3.8) is 0 Å². The first kappa shape index (κ1) is 100. The number of rotatable bonds is 72. The molecule has 0 unspecified atom stereocenters. The Morgan fingerprint density at radius 3 is 0.817 bits per heavy atom. The van der Waals surface area contributed by atoms with Gasteiger partial charge in [0.25, 0.3) is 0 Å². The minimum absolute atomic E-state index is 0. The summed E-state index contributed by atoms with van der Waals surface area (Å²) in [6.45, 7) is 22.2. The molecule has 0 fully saturated rings. The van der Waals surface area contributed by atoms with Crippen LogP contribution in [0.25, 0.3) is 16.9 Å². The van der Waals surface area contributed by atoms with Gasteiger partial charge in [0.05, 0.1) is 5.56 Å². The van der Waals surface area contributed by atoms with E-state index in [4.69, 9.17) is 0 Å². The summed E-state index contributed by atoms with van der Waals surface area (Å²) in [7, 11) is 0. The molecule has 0 aromatic heterocycles. The van der Waals surface area contributed by atoms with Crippen LogP contribution >= 0.6 is 0 Å². The number of aryl methyl sites for hydroxylation is 2. The Morgan fingerprint density at radius 2 is 0.538 bits per heavy atom. The molecule has 3 heteroatoms. The molecule has 104 heavy (non-hydrogen) atoms. The molecule has 0 bridgehead atoms. The minimum Gasteiger partial charge on any atom is -0.493 e. The maximum atomic E-state index is 12.9. The van der Waals surface area contributed by atoms with E-state index in [9.17, 15) is 5.53 Å². The predicted octanol–water partition coefficient (Wildman–Crippen LogP) is 35.3. The van der Waals surface area contributed by atoms with E-state index in [0.717, 1.165) is 85.9 Å². The van der Waals surface area contributed by atoms with Crippen molar-refractivity contribution in [2.24, 2.45) is 0 Å². The summed E-state index contributed by atoms with van der Waals surface area (Å²) in [5.41, 5.74) is 21.9. The molecule has 1 heterocycles. The summed E-state index contributed by atoms with van der Waals surface area (Å²) < 4.78 is 1.59. The number of allylic oxidation sites excluding steroid dienone is 8. The molecule has 0 amide bonds. The van der Waals surface area contributed by atoms with Crippen molar-refractivity contribution in [3.05, 3.63) is 151 Å². The Labute approximate surface area is 661 Å². The second kappa shape index (κ2) is 81.8. The molecule has 2 aromatic rings. The quantitative estimate of drug-likeness (QED) is 0.0158. The average Bonchev–Trinajstić information content (AvgIpc) is 1.60. The fraction of sp³-hybridized carbons (Fsp3) is 0.723. The summed E-state index contributed by atoms with van der Waals surface area (Å²) in [5, 5.41) is 0. The van der Waals surface area contributed by atoms with Gasteiger partial charge in [-0.15, -0.1) is 0 Å². The van der Waals surface area contributed by atoms with Crippen LogP contribution in [0.15, 0.2) is 109 Å². The minimum atomic E-state index is 0. The number of benzene rings is 2. The van der Waals surface area contributed by atoms with Crippen molar-refractivity contribution in [3.8, 4) is 11.8 Å². The van der Waals surface area contributed by atoms with Gasteiger partial charge >= 0.3 is 16.5 Å². The summed E-state index contributed by atoms with van der Waals surface area (Å²) >= 11 is 0. The zero-order valence-electron chi connectivity index (χ0n) is 69.9. The average molecular weight is 1470 g/mol. The summed E-state index contributed by atoms with van der Waals surface area (Å²) in [6, 6.07) is 17.9. The second-order valence-electron chi connectivity index (χ2n) is 31.3.